The Balaban J connectivity index is 1.24. The van der Waals surface area contributed by atoms with Crippen molar-refractivity contribution in [3.05, 3.63) is 89.8 Å². The highest BCUT2D eigenvalue weighted by molar-refractivity contribution is 7.90. The Hall–Kier alpha value is -4.03. The van der Waals surface area contributed by atoms with E-state index in [2.05, 4.69) is 14.7 Å². The maximum Gasteiger partial charge on any atom is 0.268 e. The Labute approximate surface area is 230 Å². The van der Waals surface area contributed by atoms with E-state index < -0.39 is 27.6 Å². The van der Waals surface area contributed by atoms with Crippen molar-refractivity contribution in [2.24, 2.45) is 0 Å². The van der Waals surface area contributed by atoms with E-state index in [1.807, 2.05) is 4.90 Å². The number of fused-ring (bicyclic) bond motifs is 1. The van der Waals surface area contributed by atoms with Gasteiger partial charge in [0.15, 0.2) is 0 Å². The molecule has 0 aliphatic carbocycles. The van der Waals surface area contributed by atoms with Gasteiger partial charge < -0.3 is 14.5 Å². The second kappa shape index (κ2) is 10.5. The number of pyridine rings is 1. The fraction of sp³-hybridized carbons (Fsp3) is 0.286. The van der Waals surface area contributed by atoms with Crippen molar-refractivity contribution in [1.82, 2.24) is 14.3 Å². The van der Waals surface area contributed by atoms with Gasteiger partial charge in [-0.2, -0.15) is 5.10 Å². The summed E-state index contributed by atoms with van der Waals surface area (Å²) in [7, 11) is -4.15. The Morgan fingerprint density at radius 1 is 0.975 bits per heavy atom. The molecule has 2 aliphatic heterocycles. The second-order valence-corrected chi connectivity index (χ2v) is 11.5. The van der Waals surface area contributed by atoms with Crippen LogP contribution in [0.3, 0.4) is 0 Å². The van der Waals surface area contributed by atoms with E-state index in [-0.39, 0.29) is 22.1 Å². The molecule has 0 spiro atoms. The number of carbonyl (C=O) groups excluding carboxylic acids is 1. The van der Waals surface area contributed by atoms with Gasteiger partial charge in [-0.05, 0) is 67.4 Å². The number of nitrogens with one attached hydrogen (secondary N) is 1. The third-order valence-corrected chi connectivity index (χ3v) is 8.75. The van der Waals surface area contributed by atoms with E-state index in [0.717, 1.165) is 37.3 Å². The molecule has 0 bridgehead atoms. The number of morpholine rings is 1. The summed E-state index contributed by atoms with van der Waals surface area (Å²) in [4.78, 5) is 17.2. The van der Waals surface area contributed by atoms with E-state index in [4.69, 9.17) is 4.74 Å². The molecule has 4 aromatic rings. The van der Waals surface area contributed by atoms with Crippen molar-refractivity contribution < 1.29 is 26.7 Å². The van der Waals surface area contributed by atoms with Crippen LogP contribution < -0.4 is 14.5 Å². The molecule has 12 heteroatoms. The Morgan fingerprint density at radius 3 is 2.52 bits per heavy atom. The monoisotopic (exact) mass is 567 g/mol. The molecular weight excluding hydrogens is 540 g/mol. The van der Waals surface area contributed by atoms with Gasteiger partial charge >= 0.3 is 0 Å². The highest BCUT2D eigenvalue weighted by Gasteiger charge is 2.30. The SMILES string of the molecule is O=C(NS(=O)(=O)c1ccc(N2CCOCC2)cc1)c1cnn2ccc(N3CCC[C@@H]3c3cc(F)ccc3F)cc12. The van der Waals surface area contributed by atoms with Crippen molar-refractivity contribution in [3.63, 3.8) is 0 Å². The maximum absolute atomic E-state index is 14.6. The number of ether oxygens (including phenoxy) is 1. The minimum absolute atomic E-state index is 0.0351. The predicted octanol–water partition coefficient (Wildman–Crippen LogP) is 3.91. The third-order valence-electron chi connectivity index (χ3n) is 7.40. The number of anilines is 2. The summed E-state index contributed by atoms with van der Waals surface area (Å²) in [5, 5.41) is 4.19. The lowest BCUT2D eigenvalue weighted by Crippen LogP contribution is -2.36. The highest BCUT2D eigenvalue weighted by atomic mass is 32.2. The van der Waals surface area contributed by atoms with Gasteiger partial charge in [0.25, 0.3) is 15.9 Å². The minimum atomic E-state index is -4.15. The quantitative estimate of drug-likeness (QED) is 0.378. The summed E-state index contributed by atoms with van der Waals surface area (Å²) in [5.41, 5.74) is 2.30. The molecule has 1 amide bonds. The lowest BCUT2D eigenvalue weighted by molar-refractivity contribution is 0.0983. The number of rotatable bonds is 6. The molecule has 2 saturated heterocycles. The maximum atomic E-state index is 14.6. The van der Waals surface area contributed by atoms with Gasteiger partial charge in [0.05, 0.1) is 41.4 Å². The van der Waals surface area contributed by atoms with Crippen LogP contribution in [0.2, 0.25) is 0 Å². The molecule has 9 nitrogen and oxygen atoms in total. The van der Waals surface area contributed by atoms with E-state index in [9.17, 15) is 22.0 Å². The molecule has 208 valence electrons. The van der Waals surface area contributed by atoms with Crippen LogP contribution in [0.15, 0.2) is 71.9 Å². The molecular formula is C28H27F2N5O4S. The molecule has 6 rings (SSSR count). The molecule has 40 heavy (non-hydrogen) atoms. The lowest BCUT2D eigenvalue weighted by Gasteiger charge is -2.28. The fourth-order valence-corrected chi connectivity index (χ4v) is 6.35. The van der Waals surface area contributed by atoms with Gasteiger partial charge in [-0.25, -0.2) is 26.4 Å². The first-order chi connectivity index (χ1) is 19.3. The zero-order valence-electron chi connectivity index (χ0n) is 21.5. The zero-order valence-corrected chi connectivity index (χ0v) is 22.3. The molecule has 0 radical (unpaired) electrons. The standard InChI is InChI=1S/C28H27F2N5O4S/c29-19-3-8-25(30)23(16-19)26-2-1-10-34(26)21-9-11-35-27(17-21)24(18-31-35)28(36)32-40(37,38)22-6-4-20(5-7-22)33-12-14-39-15-13-33/h3-9,11,16-18,26H,1-2,10,12-15H2,(H,32,36)/t26-/m1/s1. The lowest BCUT2D eigenvalue weighted by atomic mass is 10.0. The number of amides is 1. The molecule has 0 unspecified atom stereocenters. The molecule has 0 saturated carbocycles. The van der Waals surface area contributed by atoms with Crippen LogP contribution in [0.1, 0.15) is 34.8 Å². The average Bonchev–Trinajstić information content (AvgIpc) is 3.62. The van der Waals surface area contributed by atoms with Crippen LogP contribution in [0, 0.1) is 11.6 Å². The first-order valence-corrected chi connectivity index (χ1v) is 14.5. The molecule has 1 N–H and O–H groups in total. The summed E-state index contributed by atoms with van der Waals surface area (Å²) in [6.07, 6.45) is 4.37. The Morgan fingerprint density at radius 2 is 1.75 bits per heavy atom. The van der Waals surface area contributed by atoms with E-state index >= 15 is 0 Å². The summed E-state index contributed by atoms with van der Waals surface area (Å²) < 4.78 is 63.5. The fourth-order valence-electron chi connectivity index (χ4n) is 5.39. The smallest absolute Gasteiger partial charge is 0.268 e. The van der Waals surface area contributed by atoms with E-state index in [0.29, 0.717) is 37.4 Å². The molecule has 4 heterocycles. The van der Waals surface area contributed by atoms with Gasteiger partial charge in [0.2, 0.25) is 0 Å². The summed E-state index contributed by atoms with van der Waals surface area (Å²) >= 11 is 0. The van der Waals surface area contributed by atoms with Gasteiger partial charge in [0, 0.05) is 42.8 Å². The van der Waals surface area contributed by atoms with Crippen LogP contribution in [0.4, 0.5) is 20.2 Å². The molecule has 2 aromatic heterocycles. The van der Waals surface area contributed by atoms with Crippen molar-refractivity contribution in [2.45, 2.75) is 23.8 Å². The van der Waals surface area contributed by atoms with Crippen molar-refractivity contribution >= 4 is 32.8 Å². The molecule has 2 aromatic carbocycles. The van der Waals surface area contributed by atoms with Gasteiger partial charge in [-0.3, -0.25) is 4.79 Å². The highest BCUT2D eigenvalue weighted by Crippen LogP contribution is 2.38. The number of aromatic nitrogens is 2. The van der Waals surface area contributed by atoms with Crippen LogP contribution in [0.5, 0.6) is 0 Å². The van der Waals surface area contributed by atoms with Gasteiger partial charge in [-0.15, -0.1) is 0 Å². The number of nitrogens with zero attached hydrogens (tertiary/aromatic N) is 4. The van der Waals surface area contributed by atoms with Crippen molar-refractivity contribution in [2.75, 3.05) is 42.6 Å². The summed E-state index contributed by atoms with van der Waals surface area (Å²) in [6, 6.07) is 12.9. The topological polar surface area (TPSA) is 96.2 Å². The normalized spacial score (nSPS) is 17.9. The molecule has 2 fully saturated rings. The van der Waals surface area contributed by atoms with Crippen molar-refractivity contribution in [3.8, 4) is 0 Å². The Bertz CT molecular complexity index is 1670. The summed E-state index contributed by atoms with van der Waals surface area (Å²) in [5.74, 6) is -1.81. The van der Waals surface area contributed by atoms with Crippen molar-refractivity contribution in [1.29, 1.82) is 0 Å². The van der Waals surface area contributed by atoms with Crippen LogP contribution in [-0.4, -0.2) is 56.8 Å². The second-order valence-electron chi connectivity index (χ2n) is 9.82. The Kier molecular flexibility index (Phi) is 6.88. The number of hydrogen-bond acceptors (Lipinski definition) is 7. The van der Waals surface area contributed by atoms with E-state index in [1.165, 1.54) is 28.9 Å². The molecule has 2 aliphatic rings. The van der Waals surface area contributed by atoms with E-state index in [1.54, 1.807) is 30.5 Å². The minimum Gasteiger partial charge on any atom is -0.378 e. The van der Waals surface area contributed by atoms with Crippen LogP contribution in [0.25, 0.3) is 5.52 Å². The summed E-state index contributed by atoms with van der Waals surface area (Å²) in [6.45, 7) is 3.26. The van der Waals surface area contributed by atoms with Crippen LogP contribution >= 0.6 is 0 Å². The number of hydrogen-bond donors (Lipinski definition) is 1. The predicted molar refractivity (Wildman–Crippen MR) is 145 cm³/mol. The third kappa shape index (κ3) is 5.00. The number of benzene rings is 2. The van der Waals surface area contributed by atoms with Gasteiger partial charge in [-0.1, -0.05) is 0 Å². The number of halogens is 2. The number of sulfonamides is 1. The first kappa shape index (κ1) is 26.2. The number of carbonyl (C=O) groups is 1. The van der Waals surface area contributed by atoms with Gasteiger partial charge in [0.1, 0.15) is 11.6 Å². The average molecular weight is 568 g/mol. The zero-order chi connectivity index (χ0) is 27.9. The largest absolute Gasteiger partial charge is 0.378 e. The van der Waals surface area contributed by atoms with Crippen LogP contribution in [-0.2, 0) is 14.8 Å². The first-order valence-electron chi connectivity index (χ1n) is 13.0. The molecule has 1 atom stereocenters.